The molecule has 0 bridgehead atoms. The maximum atomic E-state index is 14.0. The number of rotatable bonds is 2. The Morgan fingerprint density at radius 2 is 1.38 bits per heavy atom. The maximum absolute atomic E-state index is 14.0. The Labute approximate surface area is 114 Å². The molecule has 0 atom stereocenters. The molecule has 0 aliphatic carbocycles. The van der Waals surface area contributed by atoms with Gasteiger partial charge in [-0.05, 0) is 6.07 Å². The highest BCUT2D eigenvalue weighted by atomic mass is 19.2. The number of nitriles is 1. The maximum Gasteiger partial charge on any atom is 0.200 e. The molecule has 0 unspecified atom stereocenters. The number of nitrogens with zero attached hydrogens (tertiary/aromatic N) is 2. The third-order valence-corrected chi connectivity index (χ3v) is 2.69. The Bertz CT molecular complexity index is 737. The first-order valence-corrected chi connectivity index (χ1v) is 5.42. The van der Waals surface area contributed by atoms with E-state index in [9.17, 15) is 26.3 Å². The zero-order valence-corrected chi connectivity index (χ0v) is 10.0. The van der Waals surface area contributed by atoms with Gasteiger partial charge in [0.15, 0.2) is 29.1 Å². The fraction of sp³-hybridized carbons (Fsp3) is 0.0769. The number of halogens is 6. The summed E-state index contributed by atoms with van der Waals surface area (Å²) in [6.07, 6.45) is 0.458. The molecule has 1 heterocycles. The predicted octanol–water partition coefficient (Wildman–Crippen LogP) is 3.65. The van der Waals surface area contributed by atoms with E-state index in [1.165, 1.54) is 0 Å². The molecule has 0 saturated carbocycles. The van der Waals surface area contributed by atoms with Crippen LogP contribution in [-0.4, -0.2) is 4.98 Å². The van der Waals surface area contributed by atoms with E-state index in [1.54, 1.807) is 6.07 Å². The number of aromatic nitrogens is 1. The van der Waals surface area contributed by atoms with Crippen LogP contribution < -0.4 is 0 Å². The largest absolute Gasteiger partial charge is 0.253 e. The van der Waals surface area contributed by atoms with Gasteiger partial charge in [0.25, 0.3) is 0 Å². The minimum Gasteiger partial charge on any atom is -0.253 e. The van der Waals surface area contributed by atoms with Crippen molar-refractivity contribution in [2.75, 3.05) is 0 Å². The van der Waals surface area contributed by atoms with Gasteiger partial charge in [-0.2, -0.15) is 5.26 Å². The van der Waals surface area contributed by atoms with Crippen LogP contribution in [0.5, 0.6) is 0 Å². The molecule has 0 radical (unpaired) electrons. The zero-order chi connectivity index (χ0) is 15.7. The highest BCUT2D eigenvalue weighted by Gasteiger charge is 2.29. The monoisotopic (exact) mass is 302 g/mol. The molecule has 0 N–H and O–H groups in total. The first kappa shape index (κ1) is 14.8. The average Bonchev–Trinajstić information content (AvgIpc) is 2.47. The number of benzene rings is 1. The minimum absolute atomic E-state index is 0.272. The first-order valence-electron chi connectivity index (χ1n) is 5.42. The Kier molecular flexibility index (Phi) is 3.84. The summed E-state index contributed by atoms with van der Waals surface area (Å²) in [5, 5.41) is 8.48. The van der Waals surface area contributed by atoms with Gasteiger partial charge in [0.1, 0.15) is 5.69 Å². The van der Waals surface area contributed by atoms with Crippen molar-refractivity contribution >= 4 is 0 Å². The molecule has 8 heteroatoms. The van der Waals surface area contributed by atoms with Crippen LogP contribution in [0.25, 0.3) is 11.3 Å². The summed E-state index contributed by atoms with van der Waals surface area (Å²) >= 11 is 0. The van der Waals surface area contributed by atoms with Gasteiger partial charge in [0.05, 0.1) is 18.1 Å². The Morgan fingerprint density at radius 1 is 0.857 bits per heavy atom. The molecule has 0 aliphatic rings. The molecule has 2 aromatic rings. The topological polar surface area (TPSA) is 36.7 Å². The van der Waals surface area contributed by atoms with Crippen LogP contribution >= 0.6 is 0 Å². The van der Waals surface area contributed by atoms with E-state index in [-0.39, 0.29) is 5.56 Å². The van der Waals surface area contributed by atoms with Crippen LogP contribution in [0.15, 0.2) is 12.3 Å². The minimum atomic E-state index is -2.35. The molecular weight excluding hydrogens is 298 g/mol. The molecule has 0 aliphatic heterocycles. The summed E-state index contributed by atoms with van der Waals surface area (Å²) in [7, 11) is 0. The van der Waals surface area contributed by atoms with E-state index < -0.39 is 52.6 Å². The molecule has 1 aromatic heterocycles. The van der Waals surface area contributed by atoms with Crippen molar-refractivity contribution in [1.29, 1.82) is 5.26 Å². The normalized spacial score (nSPS) is 10.5. The van der Waals surface area contributed by atoms with Crippen molar-refractivity contribution in [3.05, 3.63) is 52.7 Å². The second kappa shape index (κ2) is 5.44. The van der Waals surface area contributed by atoms with Crippen molar-refractivity contribution in [3.63, 3.8) is 0 Å². The molecule has 0 fully saturated rings. The van der Waals surface area contributed by atoms with E-state index in [2.05, 4.69) is 4.98 Å². The summed E-state index contributed by atoms with van der Waals surface area (Å²) < 4.78 is 80.3. The van der Waals surface area contributed by atoms with Crippen LogP contribution in [0.1, 0.15) is 5.56 Å². The van der Waals surface area contributed by atoms with Gasteiger partial charge in [0, 0.05) is 11.8 Å². The van der Waals surface area contributed by atoms with Gasteiger partial charge < -0.3 is 0 Å². The average molecular weight is 302 g/mol. The second-order valence-electron chi connectivity index (χ2n) is 3.91. The van der Waals surface area contributed by atoms with Crippen molar-refractivity contribution in [3.8, 4) is 17.3 Å². The molecule has 0 spiro atoms. The van der Waals surface area contributed by atoms with Gasteiger partial charge in [-0.25, -0.2) is 26.3 Å². The lowest BCUT2D eigenvalue weighted by Crippen LogP contribution is -2.07. The van der Waals surface area contributed by atoms with Gasteiger partial charge in [-0.15, -0.1) is 0 Å². The second-order valence-corrected chi connectivity index (χ2v) is 3.91. The molecule has 0 saturated heterocycles. The molecule has 108 valence electrons. The first-order chi connectivity index (χ1) is 9.90. The molecule has 21 heavy (non-hydrogen) atoms. The standard InChI is InChI=1S/C13H4F6N2/c14-7-5(1-3-20)2-4-21-13(7)6-8(15)10(17)12(19)11(18)9(6)16/h2,4H,1H2. The van der Waals surface area contributed by atoms with E-state index >= 15 is 0 Å². The highest BCUT2D eigenvalue weighted by Crippen LogP contribution is 2.32. The van der Waals surface area contributed by atoms with E-state index in [0.29, 0.717) is 0 Å². The van der Waals surface area contributed by atoms with Gasteiger partial charge in [-0.3, -0.25) is 4.98 Å². The lowest BCUT2D eigenvalue weighted by molar-refractivity contribution is 0.380. The third-order valence-electron chi connectivity index (χ3n) is 2.69. The van der Waals surface area contributed by atoms with Crippen LogP contribution in [-0.2, 0) is 6.42 Å². The predicted molar refractivity (Wildman–Crippen MR) is 58.7 cm³/mol. The lowest BCUT2D eigenvalue weighted by Gasteiger charge is -2.09. The summed E-state index contributed by atoms with van der Waals surface area (Å²) in [6, 6.07) is 2.66. The molecule has 0 amide bonds. The van der Waals surface area contributed by atoms with Gasteiger partial charge in [0.2, 0.25) is 5.82 Å². The summed E-state index contributed by atoms with van der Waals surface area (Å²) in [5.41, 5.74) is -2.79. The molecule has 2 nitrogen and oxygen atoms in total. The molecule has 2 rings (SSSR count). The Hall–Kier alpha value is -2.56. The summed E-state index contributed by atoms with van der Waals surface area (Å²) in [5.74, 6) is -12.4. The smallest absolute Gasteiger partial charge is 0.200 e. The fourth-order valence-corrected chi connectivity index (χ4v) is 1.69. The SMILES string of the molecule is N#CCc1ccnc(-c2c(F)c(F)c(F)c(F)c2F)c1F. The summed E-state index contributed by atoms with van der Waals surface area (Å²) in [6.45, 7) is 0. The fourth-order valence-electron chi connectivity index (χ4n) is 1.69. The highest BCUT2D eigenvalue weighted by molar-refractivity contribution is 5.63. The quantitative estimate of drug-likeness (QED) is 0.482. The van der Waals surface area contributed by atoms with Gasteiger partial charge >= 0.3 is 0 Å². The number of pyridine rings is 1. The van der Waals surface area contributed by atoms with Crippen molar-refractivity contribution in [2.45, 2.75) is 6.42 Å². The summed E-state index contributed by atoms with van der Waals surface area (Å²) in [4.78, 5) is 3.30. The van der Waals surface area contributed by atoms with Crippen LogP contribution in [0.2, 0.25) is 0 Å². The van der Waals surface area contributed by atoms with E-state index in [4.69, 9.17) is 5.26 Å². The van der Waals surface area contributed by atoms with E-state index in [0.717, 1.165) is 12.3 Å². The Morgan fingerprint density at radius 3 is 1.90 bits per heavy atom. The lowest BCUT2D eigenvalue weighted by atomic mass is 10.0. The molecule has 1 aromatic carbocycles. The number of hydrogen-bond acceptors (Lipinski definition) is 2. The van der Waals surface area contributed by atoms with Crippen LogP contribution in [0.3, 0.4) is 0 Å². The molecular formula is C13H4F6N2. The van der Waals surface area contributed by atoms with Crippen molar-refractivity contribution in [1.82, 2.24) is 4.98 Å². The van der Waals surface area contributed by atoms with Crippen LogP contribution in [0, 0.1) is 46.2 Å². The van der Waals surface area contributed by atoms with Crippen molar-refractivity contribution in [2.24, 2.45) is 0 Å². The third kappa shape index (κ3) is 2.31. The van der Waals surface area contributed by atoms with E-state index in [1.807, 2.05) is 0 Å². The van der Waals surface area contributed by atoms with Gasteiger partial charge in [-0.1, -0.05) is 0 Å². The number of hydrogen-bond donors (Lipinski definition) is 0. The van der Waals surface area contributed by atoms with Crippen molar-refractivity contribution < 1.29 is 26.3 Å². The van der Waals surface area contributed by atoms with Crippen LogP contribution in [0.4, 0.5) is 26.3 Å². The Balaban J connectivity index is 2.81. The zero-order valence-electron chi connectivity index (χ0n) is 10.0.